The van der Waals surface area contributed by atoms with Gasteiger partial charge in [0.15, 0.2) is 0 Å². The van der Waals surface area contributed by atoms with Crippen molar-refractivity contribution in [3.05, 3.63) is 0 Å². The van der Waals surface area contributed by atoms with Crippen LogP contribution in [0.5, 0.6) is 0 Å². The summed E-state index contributed by atoms with van der Waals surface area (Å²) in [7, 11) is 0. The Morgan fingerprint density at radius 1 is 0.906 bits per heavy atom. The number of aliphatic carboxylic acids is 1. The Hall–Kier alpha value is -1.39. The zero-order chi connectivity index (χ0) is 24.1. The second-order valence-corrected chi connectivity index (χ2v) is 12.8. The predicted octanol–water partition coefficient (Wildman–Crippen LogP) is 6.04. The fraction of sp³-hybridized carbons (Fsp3) is 0.889. The zero-order valence-electron chi connectivity index (χ0n) is 21.3. The minimum atomic E-state index is -0.909. The molecule has 0 heterocycles. The van der Waals surface area contributed by atoms with E-state index in [2.05, 4.69) is 6.92 Å². The lowest BCUT2D eigenvalue weighted by molar-refractivity contribution is -0.213. The summed E-state index contributed by atoms with van der Waals surface area (Å²) in [6.45, 7) is 12.9. The number of carboxylic acids is 1. The van der Waals surface area contributed by atoms with Crippen LogP contribution in [0.3, 0.4) is 0 Å². The average molecular weight is 449 g/mol. The molecule has 1 N–H and O–H groups in total. The third kappa shape index (κ3) is 4.50. The van der Waals surface area contributed by atoms with Gasteiger partial charge in [-0.05, 0) is 116 Å². The number of hydrogen-bond donors (Lipinski definition) is 1. The molecule has 4 rings (SSSR count). The Morgan fingerprint density at radius 3 is 1.81 bits per heavy atom. The van der Waals surface area contributed by atoms with Crippen LogP contribution in [0.4, 0.5) is 0 Å². The van der Waals surface area contributed by atoms with Crippen molar-refractivity contribution in [2.24, 2.45) is 39.9 Å². The molecule has 0 radical (unpaired) electrons. The van der Waals surface area contributed by atoms with Crippen molar-refractivity contribution in [1.29, 1.82) is 0 Å². The Kier molecular flexibility index (Phi) is 6.65. The number of rotatable bonds is 10. The predicted molar refractivity (Wildman–Crippen MR) is 124 cm³/mol. The average Bonchev–Trinajstić information content (AvgIpc) is 2.70. The fourth-order valence-corrected chi connectivity index (χ4v) is 6.90. The first kappa shape index (κ1) is 25.2. The van der Waals surface area contributed by atoms with Crippen LogP contribution in [0.2, 0.25) is 0 Å². The van der Waals surface area contributed by atoms with Gasteiger partial charge in [-0.2, -0.15) is 0 Å². The first-order valence-corrected chi connectivity index (χ1v) is 12.6. The number of esters is 1. The molecule has 2 unspecified atom stereocenters. The van der Waals surface area contributed by atoms with Crippen LogP contribution >= 0.6 is 0 Å². The van der Waals surface area contributed by atoms with Gasteiger partial charge in [0.25, 0.3) is 0 Å². The molecule has 5 heteroatoms. The molecule has 4 bridgehead atoms. The third-order valence-corrected chi connectivity index (χ3v) is 9.86. The van der Waals surface area contributed by atoms with Gasteiger partial charge in [-0.15, -0.1) is 0 Å². The van der Waals surface area contributed by atoms with Crippen molar-refractivity contribution in [3.8, 4) is 0 Å². The number of hydrogen-bond acceptors (Lipinski definition) is 4. The molecule has 4 fully saturated rings. The van der Waals surface area contributed by atoms with Crippen LogP contribution in [0.1, 0.15) is 106 Å². The maximum Gasteiger partial charge on any atom is 0.312 e. The van der Waals surface area contributed by atoms with E-state index in [1.165, 1.54) is 32.1 Å². The second-order valence-electron chi connectivity index (χ2n) is 12.8. The minimum absolute atomic E-state index is 0.00648. The molecule has 0 aromatic rings. The lowest BCUT2D eigenvalue weighted by Gasteiger charge is -2.59. The molecule has 5 nitrogen and oxygen atoms in total. The summed E-state index contributed by atoms with van der Waals surface area (Å²) in [6, 6.07) is 0. The number of Topliss-reactive ketones (excluding diaryl/α,β-unsaturated/α-hetero) is 1. The Balaban J connectivity index is 1.76. The van der Waals surface area contributed by atoms with E-state index in [4.69, 9.17) is 4.74 Å². The van der Waals surface area contributed by atoms with Crippen LogP contribution < -0.4 is 0 Å². The molecule has 0 aromatic heterocycles. The number of ketones is 1. The van der Waals surface area contributed by atoms with E-state index in [-0.39, 0.29) is 11.8 Å². The smallest absolute Gasteiger partial charge is 0.312 e. The van der Waals surface area contributed by atoms with Gasteiger partial charge >= 0.3 is 11.9 Å². The molecule has 4 aliphatic rings. The van der Waals surface area contributed by atoms with Crippen LogP contribution in [0, 0.1) is 39.9 Å². The Labute approximate surface area is 194 Å². The van der Waals surface area contributed by atoms with Gasteiger partial charge in [-0.3, -0.25) is 14.4 Å². The summed E-state index contributed by atoms with van der Waals surface area (Å²) in [5.74, 6) is 1.49. The van der Waals surface area contributed by atoms with E-state index >= 15 is 0 Å². The number of carbonyl (C=O) groups excluding carboxylic acids is 2. The highest BCUT2D eigenvalue weighted by Crippen LogP contribution is 2.60. The highest BCUT2D eigenvalue weighted by Gasteiger charge is 2.58. The van der Waals surface area contributed by atoms with Crippen LogP contribution in [0.15, 0.2) is 0 Å². The summed E-state index contributed by atoms with van der Waals surface area (Å²) in [5, 5.41) is 9.50. The molecule has 0 spiro atoms. The summed E-state index contributed by atoms with van der Waals surface area (Å²) < 4.78 is 6.44. The first-order valence-electron chi connectivity index (χ1n) is 12.6. The van der Waals surface area contributed by atoms with E-state index in [0.717, 1.165) is 11.8 Å². The summed E-state index contributed by atoms with van der Waals surface area (Å²) >= 11 is 0. The van der Waals surface area contributed by atoms with E-state index in [1.807, 2.05) is 20.8 Å². The normalized spacial score (nSPS) is 35.1. The largest absolute Gasteiger partial charge is 0.481 e. The topological polar surface area (TPSA) is 80.7 Å². The first-order chi connectivity index (χ1) is 14.6. The van der Waals surface area contributed by atoms with Gasteiger partial charge in [0.05, 0.1) is 10.8 Å². The number of carboxylic acid groups (broad SMARTS) is 1. The minimum Gasteiger partial charge on any atom is -0.481 e. The van der Waals surface area contributed by atoms with Crippen molar-refractivity contribution < 1.29 is 24.2 Å². The molecule has 2 atom stereocenters. The van der Waals surface area contributed by atoms with E-state index in [9.17, 15) is 19.5 Å². The van der Waals surface area contributed by atoms with Gasteiger partial charge in [0.1, 0.15) is 11.4 Å². The van der Waals surface area contributed by atoms with Gasteiger partial charge < -0.3 is 9.84 Å². The number of carbonyl (C=O) groups is 3. The van der Waals surface area contributed by atoms with Crippen LogP contribution in [0.25, 0.3) is 0 Å². The quantitative estimate of drug-likeness (QED) is 0.412. The third-order valence-electron chi connectivity index (χ3n) is 9.86. The Bertz CT molecular complexity index is 740. The molecule has 0 saturated heterocycles. The van der Waals surface area contributed by atoms with E-state index in [1.54, 1.807) is 20.8 Å². The fourth-order valence-electron chi connectivity index (χ4n) is 6.90. The van der Waals surface area contributed by atoms with Gasteiger partial charge in [0, 0.05) is 5.41 Å². The Morgan fingerprint density at radius 2 is 1.41 bits per heavy atom. The summed E-state index contributed by atoms with van der Waals surface area (Å²) in [6.07, 6.45) is 7.86. The molecule has 4 aliphatic carbocycles. The number of ether oxygens (including phenoxy) is 1. The lowest BCUT2D eigenvalue weighted by atomic mass is 9.50. The maximum atomic E-state index is 13.7. The van der Waals surface area contributed by atoms with Crippen molar-refractivity contribution in [1.82, 2.24) is 0 Å². The van der Waals surface area contributed by atoms with Crippen molar-refractivity contribution in [2.75, 3.05) is 0 Å². The lowest BCUT2D eigenvalue weighted by Crippen LogP contribution is -2.59. The highest BCUT2D eigenvalue weighted by atomic mass is 16.6. The monoisotopic (exact) mass is 448 g/mol. The standard InChI is InChI=1S/C27H44O5/c1-8-25(5,16-26(6,17(2)28)10-9-24(3,4)22(29)30)23(31)32-27(7)20-12-18-11-19(14-20)15-21(27)13-18/h18-21H,8-16H2,1-7H3,(H,29,30). The molecule has 0 aromatic carbocycles. The maximum absolute atomic E-state index is 13.7. The SMILES string of the molecule is CCC(C)(CC(C)(CCC(C)(C)C(=O)O)C(C)=O)C(=O)OC1(C)C2CC3CC(C2)CC1C3. The molecule has 4 saturated carbocycles. The highest BCUT2D eigenvalue weighted by molar-refractivity contribution is 5.84. The van der Waals surface area contributed by atoms with Crippen molar-refractivity contribution in [2.45, 2.75) is 112 Å². The van der Waals surface area contributed by atoms with Crippen molar-refractivity contribution in [3.63, 3.8) is 0 Å². The van der Waals surface area contributed by atoms with Crippen LogP contribution in [-0.4, -0.2) is 28.4 Å². The molecule has 0 amide bonds. The molecule has 32 heavy (non-hydrogen) atoms. The zero-order valence-corrected chi connectivity index (χ0v) is 21.3. The summed E-state index contributed by atoms with van der Waals surface area (Å²) in [5.41, 5.74) is -2.83. The van der Waals surface area contributed by atoms with Gasteiger partial charge in [0.2, 0.25) is 0 Å². The molecule has 182 valence electrons. The molecular weight excluding hydrogens is 404 g/mol. The van der Waals surface area contributed by atoms with Crippen molar-refractivity contribution >= 4 is 17.7 Å². The van der Waals surface area contributed by atoms with E-state index < -0.39 is 27.8 Å². The summed E-state index contributed by atoms with van der Waals surface area (Å²) in [4.78, 5) is 38.0. The van der Waals surface area contributed by atoms with Gasteiger partial charge in [-0.1, -0.05) is 13.8 Å². The molecular formula is C27H44O5. The van der Waals surface area contributed by atoms with Gasteiger partial charge in [-0.25, -0.2) is 0 Å². The molecule has 0 aliphatic heterocycles. The van der Waals surface area contributed by atoms with Crippen LogP contribution in [-0.2, 0) is 19.1 Å². The second kappa shape index (κ2) is 8.43. The van der Waals surface area contributed by atoms with E-state index in [0.29, 0.717) is 37.5 Å².